The Morgan fingerprint density at radius 2 is 1.82 bits per heavy atom. The van der Waals surface area contributed by atoms with Crippen molar-refractivity contribution in [2.45, 2.75) is 37.7 Å². The number of benzene rings is 1. The highest BCUT2D eigenvalue weighted by Gasteiger charge is 2.60. The molecule has 0 unspecified atom stereocenters. The summed E-state index contributed by atoms with van der Waals surface area (Å²) in [5, 5.41) is 11.1. The van der Waals surface area contributed by atoms with Gasteiger partial charge in [0.25, 0.3) is 0 Å². The summed E-state index contributed by atoms with van der Waals surface area (Å²) in [6, 6.07) is 10.4. The second-order valence-electron chi connectivity index (χ2n) is 6.36. The Bertz CT molecular complexity index is 426. The smallest absolute Gasteiger partial charge is 0.0930 e. The molecule has 2 bridgehead atoms. The third-order valence-corrected chi connectivity index (χ3v) is 5.76. The van der Waals surface area contributed by atoms with Crippen molar-refractivity contribution in [3.8, 4) is 0 Å². The number of fused-ring (bicyclic) bond motifs is 5. The minimum absolute atomic E-state index is 0.503. The summed E-state index contributed by atoms with van der Waals surface area (Å²) in [5.74, 6) is 3.11. The van der Waals surface area contributed by atoms with Gasteiger partial charge in [-0.1, -0.05) is 36.8 Å². The van der Waals surface area contributed by atoms with Crippen molar-refractivity contribution >= 4 is 0 Å². The van der Waals surface area contributed by atoms with E-state index in [2.05, 4.69) is 24.3 Å². The van der Waals surface area contributed by atoms with Gasteiger partial charge >= 0.3 is 0 Å². The van der Waals surface area contributed by atoms with Crippen molar-refractivity contribution in [1.29, 1.82) is 0 Å². The Labute approximate surface area is 103 Å². The highest BCUT2D eigenvalue weighted by atomic mass is 16.3. The quantitative estimate of drug-likeness (QED) is 0.781. The summed E-state index contributed by atoms with van der Waals surface area (Å²) in [7, 11) is 0. The van der Waals surface area contributed by atoms with Crippen molar-refractivity contribution < 1.29 is 5.11 Å². The zero-order valence-corrected chi connectivity index (χ0v) is 10.2. The molecular formula is C16H20O. The van der Waals surface area contributed by atoms with Gasteiger partial charge in [-0.3, -0.25) is 0 Å². The number of aliphatic hydroxyl groups is 1. The van der Waals surface area contributed by atoms with Crippen LogP contribution in [0, 0.1) is 23.7 Å². The normalized spacial score (nSPS) is 47.4. The van der Waals surface area contributed by atoms with Crippen molar-refractivity contribution in [3.63, 3.8) is 0 Å². The van der Waals surface area contributed by atoms with Crippen LogP contribution in [0.4, 0.5) is 0 Å². The molecule has 1 aromatic rings. The van der Waals surface area contributed by atoms with Gasteiger partial charge in [-0.15, -0.1) is 0 Å². The van der Waals surface area contributed by atoms with E-state index in [9.17, 15) is 5.11 Å². The van der Waals surface area contributed by atoms with Crippen LogP contribution in [0.3, 0.4) is 0 Å². The van der Waals surface area contributed by atoms with E-state index in [-0.39, 0.29) is 0 Å². The Balaban J connectivity index is 1.73. The zero-order chi connectivity index (χ0) is 11.5. The van der Waals surface area contributed by atoms with Crippen molar-refractivity contribution in [3.05, 3.63) is 35.9 Å². The van der Waals surface area contributed by atoms with E-state index in [1.54, 1.807) is 0 Å². The first-order valence-electron chi connectivity index (χ1n) is 7.07. The zero-order valence-electron chi connectivity index (χ0n) is 10.2. The molecule has 4 rings (SSSR count). The Hall–Kier alpha value is -0.820. The molecule has 3 aliphatic rings. The lowest BCUT2D eigenvalue weighted by molar-refractivity contribution is -0.0512. The molecule has 3 aliphatic carbocycles. The maximum atomic E-state index is 11.1. The van der Waals surface area contributed by atoms with E-state index < -0.39 is 5.60 Å². The van der Waals surface area contributed by atoms with Crippen LogP contribution >= 0.6 is 0 Å². The van der Waals surface area contributed by atoms with Crippen molar-refractivity contribution in [2.24, 2.45) is 23.7 Å². The molecule has 0 spiro atoms. The first-order valence-corrected chi connectivity index (χ1v) is 7.07. The number of hydrogen-bond acceptors (Lipinski definition) is 1. The molecule has 1 nitrogen and oxygen atoms in total. The lowest BCUT2D eigenvalue weighted by Crippen LogP contribution is -2.38. The molecule has 5 atom stereocenters. The largest absolute Gasteiger partial charge is 0.385 e. The van der Waals surface area contributed by atoms with Crippen LogP contribution in [0.1, 0.15) is 37.7 Å². The van der Waals surface area contributed by atoms with Crippen LogP contribution in [-0.4, -0.2) is 5.11 Å². The van der Waals surface area contributed by atoms with Crippen molar-refractivity contribution in [2.75, 3.05) is 0 Å². The Kier molecular flexibility index (Phi) is 2.00. The lowest BCUT2D eigenvalue weighted by Gasteiger charge is -2.39. The maximum absolute atomic E-state index is 11.1. The van der Waals surface area contributed by atoms with Gasteiger partial charge in [-0.05, 0) is 54.9 Å². The molecule has 1 aromatic carbocycles. The predicted octanol–water partition coefficient (Wildman–Crippen LogP) is 3.33. The Morgan fingerprint density at radius 1 is 1.06 bits per heavy atom. The van der Waals surface area contributed by atoms with Crippen LogP contribution in [0.5, 0.6) is 0 Å². The van der Waals surface area contributed by atoms with Gasteiger partial charge in [-0.2, -0.15) is 0 Å². The first kappa shape index (κ1) is 10.1. The molecule has 17 heavy (non-hydrogen) atoms. The van der Waals surface area contributed by atoms with E-state index in [4.69, 9.17) is 0 Å². The molecule has 3 fully saturated rings. The van der Waals surface area contributed by atoms with Gasteiger partial charge in [0.05, 0.1) is 5.60 Å². The third kappa shape index (κ3) is 1.24. The highest BCUT2D eigenvalue weighted by Crippen LogP contribution is 2.65. The van der Waals surface area contributed by atoms with Gasteiger partial charge in [-0.25, -0.2) is 0 Å². The fourth-order valence-electron chi connectivity index (χ4n) is 5.17. The lowest BCUT2D eigenvalue weighted by atomic mass is 9.70. The second-order valence-corrected chi connectivity index (χ2v) is 6.36. The van der Waals surface area contributed by atoms with Crippen LogP contribution in [0.15, 0.2) is 30.3 Å². The molecule has 0 radical (unpaired) electrons. The summed E-state index contributed by atoms with van der Waals surface area (Å²) in [6.45, 7) is 0. The molecule has 0 aliphatic heterocycles. The SMILES string of the molecule is O[C@@]1(c2ccccc2)C[C@@H]2C[C@@H]1[C@H]1CCC[C@H]21. The molecular weight excluding hydrogens is 208 g/mol. The van der Waals surface area contributed by atoms with Crippen LogP contribution in [0.2, 0.25) is 0 Å². The summed E-state index contributed by atoms with van der Waals surface area (Å²) < 4.78 is 0. The van der Waals surface area contributed by atoms with Crippen LogP contribution in [0.25, 0.3) is 0 Å². The topological polar surface area (TPSA) is 20.2 Å². The average Bonchev–Trinajstić information content (AvgIpc) is 3.00. The van der Waals surface area contributed by atoms with Gasteiger partial charge in [0.2, 0.25) is 0 Å². The Morgan fingerprint density at radius 3 is 2.65 bits per heavy atom. The van der Waals surface area contributed by atoms with E-state index in [1.165, 1.54) is 25.7 Å². The molecule has 1 N–H and O–H groups in total. The fourth-order valence-corrected chi connectivity index (χ4v) is 5.17. The molecule has 1 heteroatoms. The van der Waals surface area contributed by atoms with Gasteiger partial charge in [0, 0.05) is 0 Å². The van der Waals surface area contributed by atoms with E-state index in [1.807, 2.05) is 6.07 Å². The van der Waals surface area contributed by atoms with E-state index in [0.29, 0.717) is 5.92 Å². The molecule has 0 saturated heterocycles. The summed E-state index contributed by atoms with van der Waals surface area (Å²) >= 11 is 0. The van der Waals surface area contributed by atoms with Crippen molar-refractivity contribution in [1.82, 2.24) is 0 Å². The monoisotopic (exact) mass is 228 g/mol. The molecule has 90 valence electrons. The third-order valence-electron chi connectivity index (χ3n) is 5.76. The van der Waals surface area contributed by atoms with Gasteiger partial charge in [0.15, 0.2) is 0 Å². The minimum atomic E-state index is -0.503. The van der Waals surface area contributed by atoms with E-state index >= 15 is 0 Å². The molecule has 3 saturated carbocycles. The highest BCUT2D eigenvalue weighted by molar-refractivity contribution is 5.28. The summed E-state index contributed by atoms with van der Waals surface area (Å²) in [5.41, 5.74) is 0.662. The van der Waals surface area contributed by atoms with Crippen LogP contribution in [-0.2, 0) is 5.60 Å². The molecule has 0 aromatic heterocycles. The van der Waals surface area contributed by atoms with Gasteiger partial charge in [0.1, 0.15) is 0 Å². The summed E-state index contributed by atoms with van der Waals surface area (Å²) in [4.78, 5) is 0. The standard InChI is InChI=1S/C16H20O/c17-16(12-5-2-1-3-6-12)10-11-9-15(16)14-8-4-7-13(11)14/h1-3,5-6,11,13-15,17H,4,7-10H2/t11-,13+,14-,15+,16+/m0/s1. The van der Waals surface area contributed by atoms with Crippen LogP contribution < -0.4 is 0 Å². The van der Waals surface area contributed by atoms with E-state index in [0.717, 1.165) is 29.7 Å². The summed E-state index contributed by atoms with van der Waals surface area (Å²) in [6.07, 6.45) is 6.48. The fraction of sp³-hybridized carbons (Fsp3) is 0.625. The molecule has 0 amide bonds. The second kappa shape index (κ2) is 3.35. The maximum Gasteiger partial charge on any atom is 0.0930 e. The first-order chi connectivity index (χ1) is 8.29. The predicted molar refractivity (Wildman–Crippen MR) is 67.4 cm³/mol. The van der Waals surface area contributed by atoms with Gasteiger partial charge < -0.3 is 5.11 Å². The average molecular weight is 228 g/mol. The molecule has 0 heterocycles. The number of hydrogen-bond donors (Lipinski definition) is 1. The minimum Gasteiger partial charge on any atom is -0.385 e. The number of rotatable bonds is 1.